The molecule has 1 unspecified atom stereocenters. The first kappa shape index (κ1) is 7.24. The fourth-order valence-electron chi connectivity index (χ4n) is 0.0333. The Labute approximate surface area is 47.1 Å². The molecule has 0 fully saturated rings. The Bertz CT molecular complexity index is 112. The molecule has 0 saturated carbocycles. The van der Waals surface area contributed by atoms with Gasteiger partial charge in [0, 0.05) is 5.82 Å². The maximum absolute atomic E-state index is 10.1. The van der Waals surface area contributed by atoms with E-state index in [0.29, 0.717) is 0 Å². The minimum atomic E-state index is -3.53. The SMILES string of the molecule is C=CP(=O)(O)OS. The standard InChI is InChI=1S/C2H5O3PS/c1-2-6(3,4)5-7/h2,7H,1H2,(H,3,4). The summed E-state index contributed by atoms with van der Waals surface area (Å²) in [6, 6.07) is 0. The molecule has 0 saturated heterocycles. The summed E-state index contributed by atoms with van der Waals surface area (Å²) in [7, 11) is -3.53. The van der Waals surface area contributed by atoms with Crippen molar-refractivity contribution in [2.24, 2.45) is 0 Å². The fourth-order valence-corrected chi connectivity index (χ4v) is 0.300. The van der Waals surface area contributed by atoms with Crippen LogP contribution in [0.1, 0.15) is 0 Å². The van der Waals surface area contributed by atoms with E-state index in [1.807, 2.05) is 0 Å². The highest BCUT2D eigenvalue weighted by Crippen LogP contribution is 2.43. The molecule has 0 amide bonds. The van der Waals surface area contributed by atoms with Gasteiger partial charge >= 0.3 is 7.60 Å². The lowest BCUT2D eigenvalue weighted by Gasteiger charge is -1.96. The van der Waals surface area contributed by atoms with Gasteiger partial charge in [-0.1, -0.05) is 6.58 Å². The third-order valence-corrected chi connectivity index (χ3v) is 1.75. The van der Waals surface area contributed by atoms with Crippen molar-refractivity contribution in [3.8, 4) is 0 Å². The lowest BCUT2D eigenvalue weighted by molar-refractivity contribution is 0.416. The second-order valence-corrected chi connectivity index (χ2v) is 2.97. The quantitative estimate of drug-likeness (QED) is 0.344. The molecular formula is C2H5O3PS. The van der Waals surface area contributed by atoms with Gasteiger partial charge in [0.15, 0.2) is 0 Å². The van der Waals surface area contributed by atoms with Gasteiger partial charge in [0.05, 0.1) is 0 Å². The van der Waals surface area contributed by atoms with Crippen LogP contribution in [0.25, 0.3) is 0 Å². The normalized spacial score (nSPS) is 18.0. The van der Waals surface area contributed by atoms with Gasteiger partial charge in [-0.05, 0) is 12.9 Å². The molecule has 42 valence electrons. The van der Waals surface area contributed by atoms with Gasteiger partial charge in [-0.25, -0.2) is 3.97 Å². The molecule has 0 aromatic carbocycles. The summed E-state index contributed by atoms with van der Waals surface area (Å²) >= 11 is 3.10. The Kier molecular flexibility index (Phi) is 2.61. The summed E-state index contributed by atoms with van der Waals surface area (Å²) in [5, 5.41) is 0. The van der Waals surface area contributed by atoms with Gasteiger partial charge < -0.3 is 4.89 Å². The first-order valence-electron chi connectivity index (χ1n) is 1.41. The first-order chi connectivity index (χ1) is 3.12. The third-order valence-electron chi connectivity index (χ3n) is 0.348. The molecule has 3 nitrogen and oxygen atoms in total. The highest BCUT2D eigenvalue weighted by atomic mass is 32.1. The monoisotopic (exact) mass is 140 g/mol. The largest absolute Gasteiger partial charge is 0.361 e. The third kappa shape index (κ3) is 2.88. The molecule has 1 N–H and O–H groups in total. The molecule has 0 aliphatic heterocycles. The predicted molar refractivity (Wildman–Crippen MR) is 30.1 cm³/mol. The van der Waals surface area contributed by atoms with E-state index in [-0.39, 0.29) is 0 Å². The van der Waals surface area contributed by atoms with E-state index in [4.69, 9.17) is 4.89 Å². The topological polar surface area (TPSA) is 46.5 Å². The number of hydrogen-bond acceptors (Lipinski definition) is 3. The molecule has 0 heterocycles. The fraction of sp³-hybridized carbons (Fsp3) is 0. The molecule has 0 aliphatic carbocycles. The van der Waals surface area contributed by atoms with Crippen molar-refractivity contribution in [1.29, 1.82) is 0 Å². The van der Waals surface area contributed by atoms with Gasteiger partial charge in [-0.3, -0.25) is 4.57 Å². The van der Waals surface area contributed by atoms with E-state index >= 15 is 0 Å². The first-order valence-corrected chi connectivity index (χ1v) is 3.43. The molecule has 0 rings (SSSR count). The van der Waals surface area contributed by atoms with Crippen LogP contribution in [0.15, 0.2) is 12.4 Å². The summed E-state index contributed by atoms with van der Waals surface area (Å²) in [5.74, 6) is 0.806. The van der Waals surface area contributed by atoms with Crippen LogP contribution in [0.3, 0.4) is 0 Å². The van der Waals surface area contributed by atoms with Crippen molar-refractivity contribution >= 4 is 20.5 Å². The van der Waals surface area contributed by atoms with Crippen molar-refractivity contribution in [3.05, 3.63) is 12.4 Å². The smallest absolute Gasteiger partial charge is 0.321 e. The van der Waals surface area contributed by atoms with Crippen LogP contribution in [0, 0.1) is 0 Å². The number of thiol groups is 1. The number of hydrogen-bond donors (Lipinski definition) is 2. The van der Waals surface area contributed by atoms with Crippen molar-refractivity contribution in [2.75, 3.05) is 0 Å². The Morgan fingerprint density at radius 1 is 2.00 bits per heavy atom. The highest BCUT2D eigenvalue weighted by molar-refractivity contribution is 7.82. The maximum Gasteiger partial charge on any atom is 0.361 e. The minimum Gasteiger partial charge on any atom is -0.321 e. The molecule has 0 aliphatic rings. The van der Waals surface area contributed by atoms with Crippen molar-refractivity contribution in [1.82, 2.24) is 0 Å². The Morgan fingerprint density at radius 3 is 2.43 bits per heavy atom. The summed E-state index contributed by atoms with van der Waals surface area (Å²) < 4.78 is 13.9. The van der Waals surface area contributed by atoms with Gasteiger partial charge in [0.25, 0.3) is 0 Å². The molecular weight excluding hydrogens is 135 g/mol. The Hall–Kier alpha value is 0.240. The van der Waals surface area contributed by atoms with Crippen LogP contribution in [-0.4, -0.2) is 4.89 Å². The summed E-state index contributed by atoms with van der Waals surface area (Å²) in [5.41, 5.74) is 0. The average molecular weight is 140 g/mol. The zero-order valence-corrected chi connectivity index (χ0v) is 5.23. The van der Waals surface area contributed by atoms with Crippen molar-refractivity contribution in [2.45, 2.75) is 0 Å². The van der Waals surface area contributed by atoms with Gasteiger partial charge in [0.2, 0.25) is 0 Å². The van der Waals surface area contributed by atoms with Crippen LogP contribution in [0.5, 0.6) is 0 Å². The lowest BCUT2D eigenvalue weighted by atomic mass is 11.3. The minimum absolute atomic E-state index is 0.806. The zero-order valence-electron chi connectivity index (χ0n) is 3.44. The predicted octanol–water partition coefficient (Wildman–Crippen LogP) is 1.18. The van der Waals surface area contributed by atoms with E-state index in [0.717, 1.165) is 5.82 Å². The molecule has 0 aromatic rings. The summed E-state index contributed by atoms with van der Waals surface area (Å²) in [6.45, 7) is 3.02. The van der Waals surface area contributed by atoms with Crippen LogP contribution in [-0.2, 0) is 8.54 Å². The average Bonchev–Trinajstić information content (AvgIpc) is 1.68. The lowest BCUT2D eigenvalue weighted by Crippen LogP contribution is -1.67. The highest BCUT2D eigenvalue weighted by Gasteiger charge is 2.08. The van der Waals surface area contributed by atoms with Crippen LogP contribution < -0.4 is 0 Å². The Balaban J connectivity index is 3.85. The van der Waals surface area contributed by atoms with Crippen molar-refractivity contribution in [3.63, 3.8) is 0 Å². The molecule has 0 spiro atoms. The summed E-state index contributed by atoms with van der Waals surface area (Å²) in [4.78, 5) is 8.27. The van der Waals surface area contributed by atoms with Gasteiger partial charge in [-0.15, -0.1) is 0 Å². The molecule has 7 heavy (non-hydrogen) atoms. The van der Waals surface area contributed by atoms with E-state index in [1.54, 1.807) is 0 Å². The van der Waals surface area contributed by atoms with Gasteiger partial charge in [-0.2, -0.15) is 0 Å². The van der Waals surface area contributed by atoms with E-state index in [2.05, 4.69) is 23.5 Å². The second kappa shape index (κ2) is 2.52. The molecule has 5 heteroatoms. The van der Waals surface area contributed by atoms with Gasteiger partial charge in [0.1, 0.15) is 0 Å². The number of rotatable bonds is 2. The Morgan fingerprint density at radius 2 is 2.43 bits per heavy atom. The van der Waals surface area contributed by atoms with E-state index < -0.39 is 7.60 Å². The van der Waals surface area contributed by atoms with Crippen LogP contribution in [0.4, 0.5) is 0 Å². The molecule has 0 aromatic heterocycles. The van der Waals surface area contributed by atoms with Crippen molar-refractivity contribution < 1.29 is 13.4 Å². The summed E-state index contributed by atoms with van der Waals surface area (Å²) in [6.07, 6.45) is 0. The molecule has 1 atom stereocenters. The van der Waals surface area contributed by atoms with Crippen LogP contribution in [0.2, 0.25) is 0 Å². The van der Waals surface area contributed by atoms with E-state index in [9.17, 15) is 4.57 Å². The maximum atomic E-state index is 10.1. The van der Waals surface area contributed by atoms with E-state index in [1.165, 1.54) is 0 Å². The molecule has 0 radical (unpaired) electrons. The second-order valence-electron chi connectivity index (χ2n) is 0.828. The van der Waals surface area contributed by atoms with Crippen LogP contribution >= 0.6 is 20.5 Å². The molecule has 0 bridgehead atoms. The zero-order chi connectivity index (χ0) is 5.91.